The minimum atomic E-state index is -0.970. The highest BCUT2D eigenvalue weighted by atomic mass is 35.5. The number of hydrogen-bond donors (Lipinski definition) is 1. The van der Waals surface area contributed by atoms with E-state index in [0.717, 1.165) is 18.4 Å². The molecule has 3 aliphatic rings. The smallest absolute Gasteiger partial charge is 0.291 e. The van der Waals surface area contributed by atoms with Crippen LogP contribution in [0.3, 0.4) is 0 Å². The van der Waals surface area contributed by atoms with Crippen molar-refractivity contribution in [2.75, 3.05) is 19.6 Å². The monoisotopic (exact) mass is 577 g/mol. The Morgan fingerprint density at radius 1 is 1.22 bits per heavy atom. The van der Waals surface area contributed by atoms with E-state index in [2.05, 4.69) is 15.1 Å². The second-order valence-electron chi connectivity index (χ2n) is 11.2. The van der Waals surface area contributed by atoms with E-state index in [0.29, 0.717) is 78.7 Å². The Labute approximate surface area is 240 Å². The summed E-state index contributed by atoms with van der Waals surface area (Å²) in [5, 5.41) is 16.0. The van der Waals surface area contributed by atoms with Gasteiger partial charge in [0.15, 0.2) is 5.89 Å². The third-order valence-electron chi connectivity index (χ3n) is 8.17. The Bertz CT molecular complexity index is 1660. The summed E-state index contributed by atoms with van der Waals surface area (Å²) < 4.78 is 23.8. The van der Waals surface area contributed by atoms with Gasteiger partial charge in [0, 0.05) is 62.2 Å². The summed E-state index contributed by atoms with van der Waals surface area (Å²) in [6.45, 7) is 1.73. The number of β-amino-alcohol motifs (C(OH)–C–C–N with tert-alkyl or cyclic N) is 1. The first-order valence-electron chi connectivity index (χ1n) is 13.7. The van der Waals surface area contributed by atoms with E-state index in [-0.39, 0.29) is 17.5 Å². The van der Waals surface area contributed by atoms with Crippen molar-refractivity contribution in [2.45, 2.75) is 43.7 Å². The molecule has 1 amide bonds. The minimum absolute atomic E-state index is 0.182. The molecule has 0 atom stereocenters. The fraction of sp³-hybridized carbons (Fsp3) is 0.379. The van der Waals surface area contributed by atoms with Gasteiger partial charge in [-0.15, -0.1) is 0 Å². The second kappa shape index (κ2) is 9.85. The lowest BCUT2D eigenvalue weighted by atomic mass is 9.90. The number of aliphatic hydroxyl groups is 1. The van der Waals surface area contributed by atoms with Crippen molar-refractivity contribution in [2.24, 2.45) is 12.0 Å². The maximum atomic E-state index is 14.7. The van der Waals surface area contributed by atoms with Crippen molar-refractivity contribution in [1.82, 2.24) is 29.1 Å². The maximum absolute atomic E-state index is 14.7. The number of rotatable bonds is 6. The van der Waals surface area contributed by atoms with Crippen LogP contribution in [0.1, 0.15) is 53.6 Å². The summed E-state index contributed by atoms with van der Waals surface area (Å²) in [6.07, 6.45) is 7.85. The lowest BCUT2D eigenvalue weighted by molar-refractivity contribution is -0.0307. The SMILES string of the molecule is Cn1nccc1-c1cc(-n2c(Cl)cc3c2N=CN(CC2(O)CCN(C(=O)c4cnc(C5CC5)o4)CC2)C3)ccc1F. The number of halogens is 2. The molecule has 0 spiro atoms. The van der Waals surface area contributed by atoms with Crippen molar-refractivity contribution in [3.05, 3.63) is 70.9 Å². The molecule has 12 heteroatoms. The highest BCUT2D eigenvalue weighted by Crippen LogP contribution is 2.40. The molecule has 5 heterocycles. The first-order chi connectivity index (χ1) is 19.8. The van der Waals surface area contributed by atoms with E-state index in [1.807, 2.05) is 11.0 Å². The number of piperidine rings is 1. The molecule has 4 aromatic rings. The topological polar surface area (TPSA) is 105 Å². The maximum Gasteiger partial charge on any atom is 0.291 e. The van der Waals surface area contributed by atoms with Crippen molar-refractivity contribution in [3.8, 4) is 16.9 Å². The molecule has 2 fully saturated rings. The van der Waals surface area contributed by atoms with Gasteiger partial charge in [0.25, 0.3) is 5.91 Å². The predicted molar refractivity (Wildman–Crippen MR) is 150 cm³/mol. The number of carbonyl (C=O) groups excluding carboxylic acids is 1. The van der Waals surface area contributed by atoms with Gasteiger partial charge in [-0.05, 0) is 56.0 Å². The molecule has 0 bridgehead atoms. The molecule has 2 aliphatic heterocycles. The number of aryl methyl sites for hydroxylation is 1. The Balaban J connectivity index is 1.03. The number of aliphatic imine (C=N–C) groups is 1. The van der Waals surface area contributed by atoms with Gasteiger partial charge < -0.3 is 19.3 Å². The average Bonchev–Trinajstić information content (AvgIpc) is 3.37. The van der Waals surface area contributed by atoms with Crippen LogP contribution in [0.4, 0.5) is 10.2 Å². The summed E-state index contributed by atoms with van der Waals surface area (Å²) in [5.41, 5.74) is 1.69. The van der Waals surface area contributed by atoms with E-state index in [4.69, 9.17) is 16.0 Å². The van der Waals surface area contributed by atoms with Gasteiger partial charge in [-0.25, -0.2) is 14.4 Å². The molecule has 1 saturated heterocycles. The first-order valence-corrected chi connectivity index (χ1v) is 14.1. The van der Waals surface area contributed by atoms with Crippen LogP contribution in [0, 0.1) is 5.82 Å². The molecule has 0 radical (unpaired) electrons. The van der Waals surface area contributed by atoms with Crippen molar-refractivity contribution < 1.29 is 18.7 Å². The lowest BCUT2D eigenvalue weighted by Crippen LogP contribution is -2.52. The van der Waals surface area contributed by atoms with Crippen molar-refractivity contribution >= 4 is 29.7 Å². The number of benzene rings is 1. The summed E-state index contributed by atoms with van der Waals surface area (Å²) in [7, 11) is 1.77. The van der Waals surface area contributed by atoms with E-state index in [1.165, 1.54) is 12.3 Å². The van der Waals surface area contributed by atoms with Gasteiger partial charge in [0.1, 0.15) is 16.8 Å². The molecule has 0 unspecified atom stereocenters. The van der Waals surface area contributed by atoms with Crippen molar-refractivity contribution in [1.29, 1.82) is 0 Å². The highest BCUT2D eigenvalue weighted by molar-refractivity contribution is 6.30. The zero-order valence-corrected chi connectivity index (χ0v) is 23.3. The van der Waals surface area contributed by atoms with Crippen LogP contribution in [0.2, 0.25) is 5.15 Å². The predicted octanol–water partition coefficient (Wildman–Crippen LogP) is 4.68. The Kier molecular flexibility index (Phi) is 6.24. The van der Waals surface area contributed by atoms with Crippen LogP contribution in [-0.4, -0.2) is 71.7 Å². The van der Waals surface area contributed by atoms with E-state index in [1.54, 1.807) is 51.9 Å². The van der Waals surface area contributed by atoms with Gasteiger partial charge in [-0.1, -0.05) is 11.6 Å². The van der Waals surface area contributed by atoms with E-state index in [9.17, 15) is 14.3 Å². The quantitative estimate of drug-likeness (QED) is 0.357. The number of likely N-dealkylation sites (tertiary alicyclic amines) is 1. The zero-order chi connectivity index (χ0) is 28.3. The normalized spacial score (nSPS) is 18.1. The molecule has 1 aliphatic carbocycles. The van der Waals surface area contributed by atoms with Crippen LogP contribution in [-0.2, 0) is 13.6 Å². The number of oxazole rings is 1. The third-order valence-corrected chi connectivity index (χ3v) is 8.45. The lowest BCUT2D eigenvalue weighted by Gasteiger charge is -2.40. The molecular formula is C29H29ClFN7O3. The summed E-state index contributed by atoms with van der Waals surface area (Å²) >= 11 is 6.66. The average molecular weight is 578 g/mol. The molecular weight excluding hydrogens is 549 g/mol. The standard InChI is InChI=1S/C29H29ClFN7O3/c1-35-23(6-9-34-35)21-13-20(4-5-22(21)31)38-25(30)12-19-15-36(17-33-26(19)38)16-29(40)7-10-37(11-8-29)28(39)24-14-32-27(41-24)18-2-3-18/h4-6,9,12-14,17-18,40H,2-3,7-8,10-11,15-16H2,1H3. The highest BCUT2D eigenvalue weighted by Gasteiger charge is 2.37. The molecule has 1 aromatic carbocycles. The Morgan fingerprint density at radius 3 is 2.76 bits per heavy atom. The largest absolute Gasteiger partial charge is 0.435 e. The zero-order valence-electron chi connectivity index (χ0n) is 22.5. The molecule has 41 heavy (non-hydrogen) atoms. The van der Waals surface area contributed by atoms with Crippen LogP contribution in [0.15, 0.2) is 52.1 Å². The number of carbonyl (C=O) groups is 1. The summed E-state index contributed by atoms with van der Waals surface area (Å²) in [5.74, 6) is 1.39. The number of nitrogens with zero attached hydrogens (tertiary/aromatic N) is 7. The third kappa shape index (κ3) is 4.82. The van der Waals surface area contributed by atoms with Crippen LogP contribution >= 0.6 is 11.6 Å². The van der Waals surface area contributed by atoms with Crippen LogP contribution in [0.25, 0.3) is 16.9 Å². The van der Waals surface area contributed by atoms with Gasteiger partial charge >= 0.3 is 0 Å². The number of amides is 1. The Hall–Kier alpha value is -3.96. The van der Waals surface area contributed by atoms with Crippen molar-refractivity contribution in [3.63, 3.8) is 0 Å². The van der Waals surface area contributed by atoms with E-state index < -0.39 is 5.60 Å². The van der Waals surface area contributed by atoms with Gasteiger partial charge in [-0.2, -0.15) is 5.10 Å². The van der Waals surface area contributed by atoms with Gasteiger partial charge in [0.05, 0.1) is 23.8 Å². The Morgan fingerprint density at radius 2 is 2.02 bits per heavy atom. The number of fused-ring (bicyclic) bond motifs is 1. The summed E-state index contributed by atoms with van der Waals surface area (Å²) in [4.78, 5) is 25.5. The molecule has 1 saturated carbocycles. The molecule has 10 nitrogen and oxygen atoms in total. The molecule has 1 N–H and O–H groups in total. The van der Waals surface area contributed by atoms with E-state index >= 15 is 0 Å². The molecule has 3 aromatic heterocycles. The number of hydrogen-bond acceptors (Lipinski definition) is 7. The van der Waals surface area contributed by atoms with Crippen LogP contribution < -0.4 is 0 Å². The van der Waals surface area contributed by atoms with Crippen LogP contribution in [0.5, 0.6) is 0 Å². The molecule has 212 valence electrons. The molecule has 7 rings (SSSR count). The summed E-state index contributed by atoms with van der Waals surface area (Å²) in [6, 6.07) is 8.44. The number of aromatic nitrogens is 4. The fourth-order valence-electron chi connectivity index (χ4n) is 5.72. The first kappa shape index (κ1) is 26.0. The minimum Gasteiger partial charge on any atom is -0.435 e. The fourth-order valence-corrected chi connectivity index (χ4v) is 6.03. The second-order valence-corrected chi connectivity index (χ2v) is 11.5. The van der Waals surface area contributed by atoms with Gasteiger partial charge in [-0.3, -0.25) is 14.0 Å². The van der Waals surface area contributed by atoms with Gasteiger partial charge in [0.2, 0.25) is 5.76 Å².